The van der Waals surface area contributed by atoms with E-state index in [1.807, 2.05) is 25.1 Å². The Morgan fingerprint density at radius 1 is 1.24 bits per heavy atom. The predicted molar refractivity (Wildman–Crippen MR) is 99.7 cm³/mol. The summed E-state index contributed by atoms with van der Waals surface area (Å²) >= 11 is 3.41. The monoisotopic (exact) mass is 406 g/mol. The highest BCUT2D eigenvalue weighted by atomic mass is 79.9. The number of hydrogen-bond acceptors (Lipinski definition) is 5. The van der Waals surface area contributed by atoms with Crippen molar-refractivity contribution in [3.63, 3.8) is 0 Å². The van der Waals surface area contributed by atoms with Gasteiger partial charge in [-0.2, -0.15) is 5.10 Å². The Bertz CT molecular complexity index is 778. The van der Waals surface area contributed by atoms with Gasteiger partial charge in [0.15, 0.2) is 18.1 Å². The fourth-order valence-electron chi connectivity index (χ4n) is 2.08. The van der Waals surface area contributed by atoms with Gasteiger partial charge in [0.05, 0.1) is 20.4 Å². The fourth-order valence-corrected chi connectivity index (χ4v) is 2.32. The maximum Gasteiger partial charge on any atom is 0.277 e. The van der Waals surface area contributed by atoms with Crippen LogP contribution in [0.1, 0.15) is 11.1 Å². The molecule has 0 aliphatic carbocycles. The van der Waals surface area contributed by atoms with Crippen molar-refractivity contribution in [2.24, 2.45) is 5.10 Å². The van der Waals surface area contributed by atoms with Crippen LogP contribution in [0.3, 0.4) is 0 Å². The number of benzene rings is 2. The van der Waals surface area contributed by atoms with Crippen LogP contribution in [0.4, 0.5) is 0 Å². The predicted octanol–water partition coefficient (Wildman–Crippen LogP) is 3.30. The number of rotatable bonds is 7. The summed E-state index contributed by atoms with van der Waals surface area (Å²) in [4.78, 5) is 11.8. The van der Waals surface area contributed by atoms with Gasteiger partial charge in [-0.05, 0) is 42.8 Å². The van der Waals surface area contributed by atoms with E-state index in [4.69, 9.17) is 14.2 Å². The third-order valence-corrected chi connectivity index (χ3v) is 4.22. The molecular formula is C18H19BrN2O4. The number of methoxy groups -OCH3 is 2. The first-order chi connectivity index (χ1) is 12.0. The SMILES string of the molecule is COc1cccc(/C=N/NC(=O)COc2ccc(Br)c(C)c2)c1OC. The van der Waals surface area contributed by atoms with Gasteiger partial charge in [-0.25, -0.2) is 5.43 Å². The molecule has 0 fully saturated rings. The van der Waals surface area contributed by atoms with Crippen LogP contribution >= 0.6 is 15.9 Å². The smallest absolute Gasteiger partial charge is 0.277 e. The summed E-state index contributed by atoms with van der Waals surface area (Å²) in [5.41, 5.74) is 4.13. The number of aryl methyl sites for hydroxylation is 1. The van der Waals surface area contributed by atoms with Crippen LogP contribution in [0.15, 0.2) is 46.0 Å². The third kappa shape index (κ3) is 5.22. The minimum atomic E-state index is -0.362. The Morgan fingerprint density at radius 3 is 2.72 bits per heavy atom. The molecule has 2 aromatic rings. The van der Waals surface area contributed by atoms with E-state index in [9.17, 15) is 4.79 Å². The molecular weight excluding hydrogens is 388 g/mol. The Kier molecular flexibility index (Phi) is 6.82. The van der Waals surface area contributed by atoms with Gasteiger partial charge in [-0.15, -0.1) is 0 Å². The van der Waals surface area contributed by atoms with E-state index >= 15 is 0 Å². The number of carbonyl (C=O) groups is 1. The van der Waals surface area contributed by atoms with Gasteiger partial charge < -0.3 is 14.2 Å². The lowest BCUT2D eigenvalue weighted by Crippen LogP contribution is -2.24. The second-order valence-corrected chi connectivity index (χ2v) is 5.93. The molecule has 1 amide bonds. The van der Waals surface area contributed by atoms with Gasteiger partial charge in [0.25, 0.3) is 5.91 Å². The number of nitrogens with zero attached hydrogens (tertiary/aromatic N) is 1. The molecule has 1 N–H and O–H groups in total. The van der Waals surface area contributed by atoms with Crippen LogP contribution in [-0.2, 0) is 4.79 Å². The molecule has 0 aliphatic heterocycles. The molecule has 0 atom stereocenters. The molecule has 6 nitrogen and oxygen atoms in total. The van der Waals surface area contributed by atoms with Crippen molar-refractivity contribution in [3.05, 3.63) is 52.0 Å². The van der Waals surface area contributed by atoms with Gasteiger partial charge in [0, 0.05) is 10.0 Å². The molecule has 0 heterocycles. The van der Waals surface area contributed by atoms with Crippen LogP contribution in [-0.4, -0.2) is 32.9 Å². The van der Waals surface area contributed by atoms with E-state index in [0.717, 1.165) is 10.0 Å². The van der Waals surface area contributed by atoms with E-state index < -0.39 is 0 Å². The summed E-state index contributed by atoms with van der Waals surface area (Å²) in [6, 6.07) is 10.9. The average molecular weight is 407 g/mol. The van der Waals surface area contributed by atoms with Crippen LogP contribution in [0.5, 0.6) is 17.2 Å². The molecule has 25 heavy (non-hydrogen) atoms. The van der Waals surface area contributed by atoms with E-state index in [1.165, 1.54) is 6.21 Å². The standard InChI is InChI=1S/C18H19BrN2O4/c1-12-9-14(7-8-15(12)19)25-11-17(22)21-20-10-13-5-4-6-16(23-2)18(13)24-3/h4-10H,11H2,1-3H3,(H,21,22)/b20-10+. The quantitative estimate of drug-likeness (QED) is 0.565. The number of para-hydroxylation sites is 1. The lowest BCUT2D eigenvalue weighted by Gasteiger charge is -2.09. The van der Waals surface area contributed by atoms with Crippen molar-refractivity contribution in [1.82, 2.24) is 5.43 Å². The Morgan fingerprint density at radius 2 is 2.04 bits per heavy atom. The summed E-state index contributed by atoms with van der Waals surface area (Å²) in [7, 11) is 3.10. The molecule has 2 rings (SSSR count). The Labute approximate surface area is 154 Å². The fraction of sp³-hybridized carbons (Fsp3) is 0.222. The van der Waals surface area contributed by atoms with Gasteiger partial charge in [-0.1, -0.05) is 22.0 Å². The number of hydrazone groups is 1. The number of nitrogens with one attached hydrogen (secondary N) is 1. The van der Waals surface area contributed by atoms with Crippen molar-refractivity contribution in [3.8, 4) is 17.2 Å². The van der Waals surface area contributed by atoms with Crippen molar-refractivity contribution in [1.29, 1.82) is 0 Å². The second kappa shape index (κ2) is 9.08. The molecule has 0 bridgehead atoms. The zero-order chi connectivity index (χ0) is 18.2. The zero-order valence-corrected chi connectivity index (χ0v) is 15.8. The van der Waals surface area contributed by atoms with Crippen molar-refractivity contribution in [2.45, 2.75) is 6.92 Å². The lowest BCUT2D eigenvalue weighted by molar-refractivity contribution is -0.123. The molecule has 0 radical (unpaired) electrons. The maximum absolute atomic E-state index is 11.8. The van der Waals surface area contributed by atoms with Crippen LogP contribution in [0.2, 0.25) is 0 Å². The summed E-state index contributed by atoms with van der Waals surface area (Å²) in [6.45, 7) is 1.82. The summed E-state index contributed by atoms with van der Waals surface area (Å²) in [5, 5.41) is 3.92. The first-order valence-corrected chi connectivity index (χ1v) is 8.26. The molecule has 0 saturated heterocycles. The average Bonchev–Trinajstić information content (AvgIpc) is 2.62. The van der Waals surface area contributed by atoms with Gasteiger partial charge in [0.2, 0.25) is 0 Å². The van der Waals surface area contributed by atoms with Crippen molar-refractivity contribution >= 4 is 28.1 Å². The summed E-state index contributed by atoms with van der Waals surface area (Å²) < 4.78 is 16.9. The molecule has 132 valence electrons. The minimum absolute atomic E-state index is 0.131. The van der Waals surface area contributed by atoms with Crippen molar-refractivity contribution < 1.29 is 19.0 Å². The highest BCUT2D eigenvalue weighted by Crippen LogP contribution is 2.29. The highest BCUT2D eigenvalue weighted by molar-refractivity contribution is 9.10. The number of carbonyl (C=O) groups excluding carboxylic acids is 1. The largest absolute Gasteiger partial charge is 0.493 e. The maximum atomic E-state index is 11.8. The minimum Gasteiger partial charge on any atom is -0.493 e. The summed E-state index contributed by atoms with van der Waals surface area (Å²) in [6.07, 6.45) is 1.49. The van der Waals surface area contributed by atoms with Crippen molar-refractivity contribution in [2.75, 3.05) is 20.8 Å². The number of ether oxygens (including phenoxy) is 3. The first-order valence-electron chi connectivity index (χ1n) is 7.47. The molecule has 7 heteroatoms. The topological polar surface area (TPSA) is 69.2 Å². The second-order valence-electron chi connectivity index (χ2n) is 5.08. The Hall–Kier alpha value is -2.54. The van der Waals surface area contributed by atoms with E-state index in [-0.39, 0.29) is 12.5 Å². The van der Waals surface area contributed by atoms with Crippen LogP contribution < -0.4 is 19.6 Å². The number of halogens is 1. The normalized spacial score (nSPS) is 10.6. The molecule has 0 saturated carbocycles. The summed E-state index contributed by atoms with van der Waals surface area (Å²) in [5.74, 6) is 1.39. The van der Waals surface area contributed by atoms with Crippen LogP contribution in [0.25, 0.3) is 0 Å². The molecule has 0 aliphatic rings. The molecule has 2 aromatic carbocycles. The first kappa shape index (κ1) is 18.8. The van der Waals surface area contributed by atoms with Gasteiger partial charge >= 0.3 is 0 Å². The van der Waals surface area contributed by atoms with Crippen LogP contribution in [0, 0.1) is 6.92 Å². The van der Waals surface area contributed by atoms with Gasteiger partial charge in [0.1, 0.15) is 5.75 Å². The van der Waals surface area contributed by atoms with E-state index in [2.05, 4.69) is 26.5 Å². The zero-order valence-electron chi connectivity index (χ0n) is 14.2. The number of hydrogen-bond donors (Lipinski definition) is 1. The highest BCUT2D eigenvalue weighted by Gasteiger charge is 2.08. The molecule has 0 unspecified atom stereocenters. The Balaban J connectivity index is 1.91. The molecule has 0 aromatic heterocycles. The molecule has 0 spiro atoms. The number of amides is 1. The van der Waals surface area contributed by atoms with E-state index in [0.29, 0.717) is 22.8 Å². The van der Waals surface area contributed by atoms with E-state index in [1.54, 1.807) is 32.4 Å². The van der Waals surface area contributed by atoms with Gasteiger partial charge in [-0.3, -0.25) is 4.79 Å². The lowest BCUT2D eigenvalue weighted by atomic mass is 10.2. The third-order valence-electron chi connectivity index (χ3n) is 3.33.